The number of amides is 1. The predicted molar refractivity (Wildman–Crippen MR) is 61.0 cm³/mol. The van der Waals surface area contributed by atoms with E-state index in [4.69, 9.17) is 4.74 Å². The molecule has 1 saturated carbocycles. The fourth-order valence-corrected chi connectivity index (χ4v) is 3.94. The molecule has 0 N–H and O–H groups in total. The Morgan fingerprint density at radius 3 is 2.31 bits per heavy atom. The summed E-state index contributed by atoms with van der Waals surface area (Å²) in [7, 11) is 0. The molecular weight excluding hydrogens is 202 g/mol. The summed E-state index contributed by atoms with van der Waals surface area (Å²) in [6, 6.07) is 1.01. The van der Waals surface area contributed by atoms with Crippen LogP contribution in [-0.2, 0) is 4.74 Å². The number of hydrogen-bond acceptors (Lipinski definition) is 2. The molecule has 0 spiro atoms. The quantitative estimate of drug-likeness (QED) is 0.720. The summed E-state index contributed by atoms with van der Waals surface area (Å²) in [6.07, 6.45) is 5.00. The Bertz CT molecular complexity index is 286. The van der Waals surface area contributed by atoms with Crippen LogP contribution in [-0.4, -0.2) is 29.7 Å². The summed E-state index contributed by atoms with van der Waals surface area (Å²) in [4.78, 5) is 14.0. The highest BCUT2D eigenvalue weighted by Gasteiger charge is 2.62. The lowest BCUT2D eigenvalue weighted by molar-refractivity contribution is 0.0454. The number of ether oxygens (including phenoxy) is 1. The Balaban J connectivity index is 1.75. The highest BCUT2D eigenvalue weighted by Crippen LogP contribution is 2.59. The lowest BCUT2D eigenvalue weighted by atomic mass is 9.86. The van der Waals surface area contributed by atoms with Crippen molar-refractivity contribution >= 4 is 6.09 Å². The van der Waals surface area contributed by atoms with Crippen LogP contribution in [0.25, 0.3) is 0 Å². The van der Waals surface area contributed by atoms with Crippen molar-refractivity contribution in [1.29, 1.82) is 0 Å². The van der Waals surface area contributed by atoms with Crippen LogP contribution in [0, 0.1) is 17.8 Å². The Morgan fingerprint density at radius 1 is 1.19 bits per heavy atom. The number of hydrogen-bond donors (Lipinski definition) is 0. The minimum absolute atomic E-state index is 0.0562. The Labute approximate surface area is 97.1 Å². The molecule has 3 rings (SSSR count). The van der Waals surface area contributed by atoms with Gasteiger partial charge in [-0.3, -0.25) is 0 Å². The first kappa shape index (κ1) is 10.4. The zero-order valence-electron chi connectivity index (χ0n) is 10.2. The molecule has 16 heavy (non-hydrogen) atoms. The van der Waals surface area contributed by atoms with Crippen LogP contribution in [0.3, 0.4) is 0 Å². The van der Waals surface area contributed by atoms with Crippen molar-refractivity contribution in [2.75, 3.05) is 6.61 Å². The Hall–Kier alpha value is -0.730. The van der Waals surface area contributed by atoms with Crippen LogP contribution in [0.5, 0.6) is 0 Å². The molecule has 2 saturated heterocycles. The molecule has 3 aliphatic rings. The number of carbonyl (C=O) groups is 1. The van der Waals surface area contributed by atoms with Crippen molar-refractivity contribution in [3.8, 4) is 0 Å². The van der Waals surface area contributed by atoms with Crippen LogP contribution in [0.1, 0.15) is 39.5 Å². The maximum atomic E-state index is 11.9. The van der Waals surface area contributed by atoms with Crippen molar-refractivity contribution in [2.45, 2.75) is 51.6 Å². The van der Waals surface area contributed by atoms with Gasteiger partial charge in [0.1, 0.15) is 0 Å². The molecule has 3 fully saturated rings. The van der Waals surface area contributed by atoms with E-state index in [0.29, 0.717) is 18.7 Å². The molecule has 90 valence electrons. The highest BCUT2D eigenvalue weighted by atomic mass is 16.6. The molecule has 0 aromatic heterocycles. The van der Waals surface area contributed by atoms with E-state index in [0.717, 1.165) is 17.8 Å². The second kappa shape index (κ2) is 3.64. The lowest BCUT2D eigenvalue weighted by Crippen LogP contribution is -2.49. The van der Waals surface area contributed by atoms with E-state index in [1.807, 2.05) is 6.92 Å². The molecule has 2 aliphatic heterocycles. The highest BCUT2D eigenvalue weighted by molar-refractivity contribution is 5.69. The van der Waals surface area contributed by atoms with E-state index in [1.165, 1.54) is 25.7 Å². The molecule has 3 unspecified atom stereocenters. The monoisotopic (exact) mass is 223 g/mol. The average molecular weight is 223 g/mol. The van der Waals surface area contributed by atoms with Gasteiger partial charge in [-0.1, -0.05) is 13.3 Å². The number of fused-ring (bicyclic) bond motifs is 5. The molecule has 0 radical (unpaired) electrons. The fraction of sp³-hybridized carbons (Fsp3) is 0.923. The number of carbonyl (C=O) groups excluding carboxylic acids is 1. The van der Waals surface area contributed by atoms with Crippen LogP contribution in [0.15, 0.2) is 0 Å². The summed E-state index contributed by atoms with van der Waals surface area (Å²) in [5.74, 6) is 2.46. The molecule has 1 aliphatic carbocycles. The minimum Gasteiger partial charge on any atom is -0.450 e. The molecule has 2 heterocycles. The largest absolute Gasteiger partial charge is 0.450 e. The smallest absolute Gasteiger partial charge is 0.410 e. The van der Waals surface area contributed by atoms with Crippen LogP contribution < -0.4 is 0 Å². The third-order valence-electron chi connectivity index (χ3n) is 4.80. The second-order valence-electron chi connectivity index (χ2n) is 5.55. The number of piperidine rings is 2. The van der Waals surface area contributed by atoms with Gasteiger partial charge in [0.15, 0.2) is 0 Å². The van der Waals surface area contributed by atoms with Gasteiger partial charge < -0.3 is 9.64 Å². The van der Waals surface area contributed by atoms with Gasteiger partial charge in [-0.05, 0) is 43.9 Å². The van der Waals surface area contributed by atoms with Crippen LogP contribution in [0.4, 0.5) is 4.79 Å². The van der Waals surface area contributed by atoms with Crippen LogP contribution >= 0.6 is 0 Å². The van der Waals surface area contributed by atoms with E-state index in [-0.39, 0.29) is 6.09 Å². The maximum absolute atomic E-state index is 11.9. The molecule has 5 atom stereocenters. The zero-order chi connectivity index (χ0) is 11.3. The first-order valence-electron chi connectivity index (χ1n) is 6.71. The van der Waals surface area contributed by atoms with E-state index in [2.05, 4.69) is 11.8 Å². The maximum Gasteiger partial charge on any atom is 0.410 e. The third kappa shape index (κ3) is 1.36. The summed E-state index contributed by atoms with van der Waals surface area (Å²) < 4.78 is 5.19. The summed E-state index contributed by atoms with van der Waals surface area (Å²) in [5.41, 5.74) is 0. The SMILES string of the molecule is CCOC(=O)N1C2CC(CC)CC1[C@@H]1C[C@H]21. The standard InChI is InChI=1S/C13H21NO2/c1-3-8-5-11-9-7-10(9)12(6-8)14(11)13(15)16-4-2/h8-12H,3-7H2,1-2H3/t8?,9-,10+,11?,12?. The fourth-order valence-electron chi connectivity index (χ4n) is 3.94. The van der Waals surface area contributed by atoms with E-state index < -0.39 is 0 Å². The van der Waals surface area contributed by atoms with E-state index in [1.54, 1.807) is 0 Å². The molecular formula is C13H21NO2. The first-order chi connectivity index (χ1) is 7.76. The van der Waals surface area contributed by atoms with Gasteiger partial charge >= 0.3 is 6.09 Å². The van der Waals surface area contributed by atoms with Gasteiger partial charge in [0.2, 0.25) is 0 Å². The van der Waals surface area contributed by atoms with Gasteiger partial charge in [-0.25, -0.2) is 4.79 Å². The van der Waals surface area contributed by atoms with Gasteiger partial charge in [0.25, 0.3) is 0 Å². The lowest BCUT2D eigenvalue weighted by Gasteiger charge is -2.40. The minimum atomic E-state index is -0.0562. The van der Waals surface area contributed by atoms with Gasteiger partial charge in [0.05, 0.1) is 6.61 Å². The number of rotatable bonds is 2. The van der Waals surface area contributed by atoms with E-state index in [9.17, 15) is 4.79 Å². The average Bonchev–Trinajstić information content (AvgIpc) is 3.03. The van der Waals surface area contributed by atoms with Gasteiger partial charge in [-0.2, -0.15) is 0 Å². The summed E-state index contributed by atoms with van der Waals surface area (Å²) in [5, 5.41) is 0. The molecule has 0 aromatic carbocycles. The molecule has 1 amide bonds. The molecule has 2 bridgehead atoms. The zero-order valence-corrected chi connectivity index (χ0v) is 10.2. The normalized spacial score (nSPS) is 44.1. The van der Waals surface area contributed by atoms with Crippen molar-refractivity contribution in [1.82, 2.24) is 4.90 Å². The topological polar surface area (TPSA) is 29.5 Å². The van der Waals surface area contributed by atoms with Crippen molar-refractivity contribution in [2.24, 2.45) is 17.8 Å². The molecule has 3 nitrogen and oxygen atoms in total. The summed E-state index contributed by atoms with van der Waals surface area (Å²) >= 11 is 0. The van der Waals surface area contributed by atoms with Gasteiger partial charge in [0, 0.05) is 12.1 Å². The Morgan fingerprint density at radius 2 is 1.81 bits per heavy atom. The molecule has 0 aromatic rings. The van der Waals surface area contributed by atoms with Crippen molar-refractivity contribution < 1.29 is 9.53 Å². The number of nitrogens with zero attached hydrogens (tertiary/aromatic N) is 1. The van der Waals surface area contributed by atoms with Crippen molar-refractivity contribution in [3.63, 3.8) is 0 Å². The third-order valence-corrected chi connectivity index (χ3v) is 4.80. The first-order valence-corrected chi connectivity index (χ1v) is 6.71. The van der Waals surface area contributed by atoms with E-state index >= 15 is 0 Å². The predicted octanol–water partition coefficient (Wildman–Crippen LogP) is 2.65. The Kier molecular flexibility index (Phi) is 2.37. The summed E-state index contributed by atoms with van der Waals surface area (Å²) in [6.45, 7) is 4.66. The molecule has 3 heteroatoms. The van der Waals surface area contributed by atoms with Crippen LogP contribution in [0.2, 0.25) is 0 Å². The van der Waals surface area contributed by atoms with Crippen molar-refractivity contribution in [3.05, 3.63) is 0 Å². The second-order valence-corrected chi connectivity index (χ2v) is 5.55. The van der Waals surface area contributed by atoms with Gasteiger partial charge in [-0.15, -0.1) is 0 Å².